The average molecular weight is 332 g/mol. The molecule has 4 aromatic rings. The molecule has 1 aromatic carbocycles. The van der Waals surface area contributed by atoms with Crippen molar-refractivity contribution in [3.63, 3.8) is 0 Å². The number of nitrogens with zero attached hydrogens (tertiary/aromatic N) is 5. The Hall–Kier alpha value is -3.15. The molecule has 0 spiro atoms. The minimum atomic E-state index is 0.693. The van der Waals surface area contributed by atoms with Gasteiger partial charge < -0.3 is 5.32 Å². The normalized spacial score (nSPS) is 11.1. The summed E-state index contributed by atoms with van der Waals surface area (Å²) < 4.78 is 3.83. The molecule has 0 saturated heterocycles. The van der Waals surface area contributed by atoms with Gasteiger partial charge in [0.15, 0.2) is 5.65 Å². The second-order valence-corrected chi connectivity index (χ2v) is 5.92. The third-order valence-corrected chi connectivity index (χ3v) is 4.39. The molecular weight excluding hydrogens is 312 g/mol. The molecule has 0 amide bonds. The van der Waals surface area contributed by atoms with E-state index in [1.54, 1.807) is 6.20 Å². The Bertz CT molecular complexity index is 999. The highest BCUT2D eigenvalue weighted by molar-refractivity contribution is 5.66. The second kappa shape index (κ2) is 6.39. The standard InChI is InChI=1S/C19H20N6/c1-3-24-14(2)16(13-22-24)12-20-19-11-17(15-7-5-4-6-8-15)23-18-9-10-21-25(18)19/h4-11,13,20H,3,12H2,1-2H3. The number of hydrogen-bond donors (Lipinski definition) is 1. The summed E-state index contributed by atoms with van der Waals surface area (Å²) in [6.45, 7) is 5.76. The summed E-state index contributed by atoms with van der Waals surface area (Å²) in [5, 5.41) is 12.3. The summed E-state index contributed by atoms with van der Waals surface area (Å²) in [4.78, 5) is 4.70. The smallest absolute Gasteiger partial charge is 0.157 e. The average Bonchev–Trinajstić information content (AvgIpc) is 3.26. The van der Waals surface area contributed by atoms with Gasteiger partial charge in [0.25, 0.3) is 0 Å². The molecule has 3 aromatic heterocycles. The molecule has 0 atom stereocenters. The van der Waals surface area contributed by atoms with Crippen LogP contribution in [0.15, 0.2) is 54.9 Å². The SMILES string of the molecule is CCn1ncc(CNc2cc(-c3ccccc3)nc3ccnn23)c1C. The van der Waals surface area contributed by atoms with Crippen molar-refractivity contribution in [2.45, 2.75) is 26.9 Å². The van der Waals surface area contributed by atoms with Gasteiger partial charge in [0.1, 0.15) is 5.82 Å². The van der Waals surface area contributed by atoms with E-state index in [1.807, 2.05) is 45.7 Å². The lowest BCUT2D eigenvalue weighted by molar-refractivity contribution is 0.638. The first-order valence-corrected chi connectivity index (χ1v) is 8.41. The zero-order valence-corrected chi connectivity index (χ0v) is 14.3. The molecule has 4 rings (SSSR count). The van der Waals surface area contributed by atoms with Crippen LogP contribution in [-0.2, 0) is 13.1 Å². The quantitative estimate of drug-likeness (QED) is 0.607. The number of benzene rings is 1. The van der Waals surface area contributed by atoms with Gasteiger partial charge in [0, 0.05) is 42.0 Å². The highest BCUT2D eigenvalue weighted by Gasteiger charge is 2.10. The summed E-state index contributed by atoms with van der Waals surface area (Å²) in [6, 6.07) is 14.1. The van der Waals surface area contributed by atoms with Crippen molar-refractivity contribution >= 4 is 11.5 Å². The largest absolute Gasteiger partial charge is 0.366 e. The first kappa shape index (κ1) is 15.4. The van der Waals surface area contributed by atoms with E-state index in [-0.39, 0.29) is 0 Å². The summed E-state index contributed by atoms with van der Waals surface area (Å²) in [5.41, 5.74) is 5.20. The molecule has 0 aliphatic carbocycles. The summed E-state index contributed by atoms with van der Waals surface area (Å²) >= 11 is 0. The zero-order chi connectivity index (χ0) is 17.2. The number of rotatable bonds is 5. The topological polar surface area (TPSA) is 60.0 Å². The fraction of sp³-hybridized carbons (Fsp3) is 0.211. The molecule has 0 bridgehead atoms. The number of hydrogen-bond acceptors (Lipinski definition) is 4. The number of aryl methyl sites for hydroxylation is 1. The van der Waals surface area contributed by atoms with E-state index in [0.29, 0.717) is 6.54 Å². The molecule has 6 heteroatoms. The summed E-state index contributed by atoms with van der Waals surface area (Å²) in [5.74, 6) is 0.914. The Balaban J connectivity index is 1.68. The molecule has 0 saturated carbocycles. The summed E-state index contributed by atoms with van der Waals surface area (Å²) in [7, 11) is 0. The lowest BCUT2D eigenvalue weighted by Crippen LogP contribution is -2.07. The molecule has 126 valence electrons. The molecule has 0 unspecified atom stereocenters. The number of aromatic nitrogens is 5. The Kier molecular flexibility index (Phi) is 3.93. The molecule has 0 fully saturated rings. The van der Waals surface area contributed by atoms with E-state index in [2.05, 4.69) is 41.5 Å². The van der Waals surface area contributed by atoms with Crippen LogP contribution in [0.4, 0.5) is 5.82 Å². The molecular formula is C19H20N6. The van der Waals surface area contributed by atoms with Gasteiger partial charge in [-0.3, -0.25) is 4.68 Å². The van der Waals surface area contributed by atoms with Crippen LogP contribution in [0.5, 0.6) is 0 Å². The van der Waals surface area contributed by atoms with Gasteiger partial charge in [-0.05, 0) is 13.8 Å². The van der Waals surface area contributed by atoms with Crippen LogP contribution in [-0.4, -0.2) is 24.4 Å². The predicted molar refractivity (Wildman–Crippen MR) is 98.4 cm³/mol. The van der Waals surface area contributed by atoms with Crippen molar-refractivity contribution in [1.29, 1.82) is 0 Å². The first-order chi connectivity index (χ1) is 12.3. The highest BCUT2D eigenvalue weighted by atomic mass is 15.3. The lowest BCUT2D eigenvalue weighted by atomic mass is 10.1. The fourth-order valence-corrected chi connectivity index (χ4v) is 2.96. The van der Waals surface area contributed by atoms with E-state index >= 15 is 0 Å². The van der Waals surface area contributed by atoms with Gasteiger partial charge in [-0.25, -0.2) is 4.98 Å². The van der Waals surface area contributed by atoms with Crippen LogP contribution in [0, 0.1) is 6.92 Å². The maximum absolute atomic E-state index is 4.70. The highest BCUT2D eigenvalue weighted by Crippen LogP contribution is 2.22. The van der Waals surface area contributed by atoms with Crippen molar-refractivity contribution in [3.05, 3.63) is 66.1 Å². The molecule has 3 heterocycles. The van der Waals surface area contributed by atoms with Gasteiger partial charge in [0.2, 0.25) is 0 Å². The van der Waals surface area contributed by atoms with Crippen molar-refractivity contribution in [2.75, 3.05) is 5.32 Å². The fourth-order valence-electron chi connectivity index (χ4n) is 2.96. The lowest BCUT2D eigenvalue weighted by Gasteiger charge is -2.11. The van der Waals surface area contributed by atoms with Crippen LogP contribution in [0.1, 0.15) is 18.2 Å². The number of nitrogens with one attached hydrogen (secondary N) is 1. The van der Waals surface area contributed by atoms with E-state index in [1.165, 1.54) is 11.3 Å². The summed E-state index contributed by atoms with van der Waals surface area (Å²) in [6.07, 6.45) is 3.69. The Morgan fingerprint density at radius 1 is 1.08 bits per heavy atom. The number of fused-ring (bicyclic) bond motifs is 1. The van der Waals surface area contributed by atoms with Gasteiger partial charge in [-0.15, -0.1) is 0 Å². The Morgan fingerprint density at radius 2 is 1.92 bits per heavy atom. The monoisotopic (exact) mass is 332 g/mol. The first-order valence-electron chi connectivity index (χ1n) is 8.41. The third-order valence-electron chi connectivity index (χ3n) is 4.39. The Labute approximate surface area is 146 Å². The minimum Gasteiger partial charge on any atom is -0.366 e. The van der Waals surface area contributed by atoms with Crippen LogP contribution < -0.4 is 5.32 Å². The van der Waals surface area contributed by atoms with Crippen LogP contribution in [0.2, 0.25) is 0 Å². The van der Waals surface area contributed by atoms with Crippen molar-refractivity contribution in [1.82, 2.24) is 24.4 Å². The van der Waals surface area contributed by atoms with E-state index in [9.17, 15) is 0 Å². The molecule has 1 N–H and O–H groups in total. The third kappa shape index (κ3) is 2.87. The van der Waals surface area contributed by atoms with Gasteiger partial charge in [-0.1, -0.05) is 30.3 Å². The van der Waals surface area contributed by atoms with E-state index in [0.717, 1.165) is 29.3 Å². The predicted octanol–water partition coefficient (Wildman–Crippen LogP) is 3.53. The van der Waals surface area contributed by atoms with Gasteiger partial charge in [-0.2, -0.15) is 14.7 Å². The molecule has 0 aliphatic heterocycles. The van der Waals surface area contributed by atoms with E-state index < -0.39 is 0 Å². The maximum Gasteiger partial charge on any atom is 0.157 e. The Morgan fingerprint density at radius 3 is 2.68 bits per heavy atom. The van der Waals surface area contributed by atoms with Crippen molar-refractivity contribution in [2.24, 2.45) is 0 Å². The molecule has 0 radical (unpaired) electrons. The second-order valence-electron chi connectivity index (χ2n) is 5.92. The van der Waals surface area contributed by atoms with Crippen molar-refractivity contribution < 1.29 is 0 Å². The van der Waals surface area contributed by atoms with Crippen LogP contribution in [0.3, 0.4) is 0 Å². The number of anilines is 1. The minimum absolute atomic E-state index is 0.693. The maximum atomic E-state index is 4.70. The van der Waals surface area contributed by atoms with Crippen LogP contribution in [0.25, 0.3) is 16.9 Å². The van der Waals surface area contributed by atoms with Gasteiger partial charge in [0.05, 0.1) is 18.1 Å². The van der Waals surface area contributed by atoms with E-state index in [4.69, 9.17) is 4.98 Å². The van der Waals surface area contributed by atoms with Crippen LogP contribution >= 0.6 is 0 Å². The molecule has 0 aliphatic rings. The van der Waals surface area contributed by atoms with Crippen molar-refractivity contribution in [3.8, 4) is 11.3 Å². The molecule has 6 nitrogen and oxygen atoms in total. The van der Waals surface area contributed by atoms with Gasteiger partial charge >= 0.3 is 0 Å². The zero-order valence-electron chi connectivity index (χ0n) is 14.3. The molecule has 25 heavy (non-hydrogen) atoms.